The predicted octanol–water partition coefficient (Wildman–Crippen LogP) is 3.50. The molecule has 0 radical (unpaired) electrons. The summed E-state index contributed by atoms with van der Waals surface area (Å²) < 4.78 is 0. The van der Waals surface area contributed by atoms with E-state index >= 15 is 0 Å². The second-order valence-electron chi connectivity index (χ2n) is 4.26. The van der Waals surface area contributed by atoms with Crippen molar-refractivity contribution in [3.8, 4) is 0 Å². The summed E-state index contributed by atoms with van der Waals surface area (Å²) in [6.45, 7) is 0. The van der Waals surface area contributed by atoms with Crippen molar-refractivity contribution in [2.24, 2.45) is 4.99 Å². The maximum Gasteiger partial charge on any atom is 0.0985 e. The van der Waals surface area contributed by atoms with Gasteiger partial charge in [-0.3, -0.25) is 4.99 Å². The van der Waals surface area contributed by atoms with Gasteiger partial charge >= 0.3 is 0 Å². The van der Waals surface area contributed by atoms with Crippen molar-refractivity contribution in [1.29, 1.82) is 0 Å². The molecule has 0 fully saturated rings. The van der Waals surface area contributed by atoms with Crippen molar-refractivity contribution in [2.75, 3.05) is 11.5 Å². The van der Waals surface area contributed by atoms with Gasteiger partial charge in [0.2, 0.25) is 0 Å². The smallest absolute Gasteiger partial charge is 0.0985 e. The first-order chi connectivity index (χ1) is 8.84. The topological polar surface area (TPSA) is 38.4 Å². The van der Waals surface area contributed by atoms with Crippen molar-refractivity contribution >= 4 is 22.5 Å². The van der Waals surface area contributed by atoms with Crippen molar-refractivity contribution in [3.63, 3.8) is 0 Å². The maximum absolute atomic E-state index is 6.01. The van der Waals surface area contributed by atoms with Gasteiger partial charge in [-0.05, 0) is 6.07 Å². The molecular weight excluding hydrogens is 240 g/mol. The molecule has 0 bridgehead atoms. The Labute approximate surface area is 111 Å². The number of thioether (sulfide) groups is 1. The first-order valence-corrected chi connectivity index (χ1v) is 6.93. The molecule has 0 saturated heterocycles. The number of benzene rings is 2. The molecule has 0 aromatic heterocycles. The molecule has 1 unspecified atom stereocenters. The molecule has 0 spiro atoms. The molecule has 1 aliphatic rings. The Morgan fingerprint density at radius 1 is 1.00 bits per heavy atom. The SMILES string of the molecule is Nc1ccccc1C1CSC(c2ccccc2)=N1. The second-order valence-corrected chi connectivity index (χ2v) is 5.26. The highest BCUT2D eigenvalue weighted by atomic mass is 32.2. The summed E-state index contributed by atoms with van der Waals surface area (Å²) in [4.78, 5) is 4.79. The van der Waals surface area contributed by atoms with Crippen molar-refractivity contribution in [2.45, 2.75) is 6.04 Å². The number of aliphatic imine (C=N–C) groups is 1. The molecule has 1 heterocycles. The summed E-state index contributed by atoms with van der Waals surface area (Å²) in [7, 11) is 0. The molecule has 0 amide bonds. The lowest BCUT2D eigenvalue weighted by Gasteiger charge is -2.08. The van der Waals surface area contributed by atoms with Crippen molar-refractivity contribution in [1.82, 2.24) is 0 Å². The molecule has 3 rings (SSSR count). The van der Waals surface area contributed by atoms with E-state index in [0.29, 0.717) is 0 Å². The highest BCUT2D eigenvalue weighted by Gasteiger charge is 2.22. The fraction of sp³-hybridized carbons (Fsp3) is 0.133. The Kier molecular flexibility index (Phi) is 3.07. The van der Waals surface area contributed by atoms with Crippen LogP contribution in [0.25, 0.3) is 0 Å². The minimum Gasteiger partial charge on any atom is -0.398 e. The Hall–Kier alpha value is -1.74. The molecular formula is C15H14N2S. The van der Waals surface area contributed by atoms with E-state index in [1.807, 2.05) is 36.4 Å². The van der Waals surface area contributed by atoms with Gasteiger partial charge in [-0.1, -0.05) is 48.5 Å². The molecule has 18 heavy (non-hydrogen) atoms. The van der Waals surface area contributed by atoms with Gasteiger partial charge in [0, 0.05) is 22.6 Å². The molecule has 2 nitrogen and oxygen atoms in total. The highest BCUT2D eigenvalue weighted by Crippen LogP contribution is 2.35. The first kappa shape index (κ1) is 11.4. The third-order valence-electron chi connectivity index (χ3n) is 3.03. The summed E-state index contributed by atoms with van der Waals surface area (Å²) in [5, 5.41) is 1.11. The highest BCUT2D eigenvalue weighted by molar-refractivity contribution is 8.14. The fourth-order valence-electron chi connectivity index (χ4n) is 2.09. The maximum atomic E-state index is 6.01. The van der Waals surface area contributed by atoms with Crippen LogP contribution >= 0.6 is 11.8 Å². The summed E-state index contributed by atoms with van der Waals surface area (Å²) in [6.07, 6.45) is 0. The number of hydrogen-bond donors (Lipinski definition) is 1. The summed E-state index contributed by atoms with van der Waals surface area (Å²) in [6, 6.07) is 18.5. The van der Waals surface area contributed by atoms with Crippen LogP contribution in [0.5, 0.6) is 0 Å². The predicted molar refractivity (Wildman–Crippen MR) is 79.0 cm³/mol. The van der Waals surface area contributed by atoms with Crippen LogP contribution in [0, 0.1) is 0 Å². The Balaban J connectivity index is 1.91. The molecule has 0 saturated carbocycles. The van der Waals surface area contributed by atoms with Crippen LogP contribution in [-0.4, -0.2) is 10.8 Å². The largest absolute Gasteiger partial charge is 0.398 e. The standard InChI is InChI=1S/C15H14N2S/c16-13-9-5-4-8-12(13)14-10-18-15(17-14)11-6-2-1-3-7-11/h1-9,14H,10,16H2. The lowest BCUT2D eigenvalue weighted by atomic mass is 10.1. The molecule has 0 aliphatic carbocycles. The number of nitrogen functional groups attached to an aromatic ring is 1. The average molecular weight is 254 g/mol. The quantitative estimate of drug-likeness (QED) is 0.833. The Bertz CT molecular complexity index is 578. The summed E-state index contributed by atoms with van der Waals surface area (Å²) >= 11 is 1.80. The van der Waals surface area contributed by atoms with Gasteiger partial charge in [-0.2, -0.15) is 0 Å². The van der Waals surface area contributed by atoms with Crippen LogP contribution in [0.2, 0.25) is 0 Å². The van der Waals surface area contributed by atoms with Gasteiger partial charge in [0.15, 0.2) is 0 Å². The molecule has 1 atom stereocenters. The van der Waals surface area contributed by atoms with E-state index in [-0.39, 0.29) is 6.04 Å². The van der Waals surface area contributed by atoms with Crippen LogP contribution in [-0.2, 0) is 0 Å². The van der Waals surface area contributed by atoms with Gasteiger partial charge in [-0.25, -0.2) is 0 Å². The molecule has 1 aliphatic heterocycles. The normalized spacial score (nSPS) is 18.7. The van der Waals surface area contributed by atoms with E-state index < -0.39 is 0 Å². The fourth-order valence-corrected chi connectivity index (χ4v) is 3.16. The minimum absolute atomic E-state index is 0.186. The lowest BCUT2D eigenvalue weighted by Crippen LogP contribution is -1.99. The van der Waals surface area contributed by atoms with E-state index in [2.05, 4.69) is 18.2 Å². The van der Waals surface area contributed by atoms with Crippen molar-refractivity contribution < 1.29 is 0 Å². The average Bonchev–Trinajstić information content (AvgIpc) is 2.90. The number of anilines is 1. The van der Waals surface area contributed by atoms with Crippen LogP contribution in [0.15, 0.2) is 59.6 Å². The first-order valence-electron chi connectivity index (χ1n) is 5.95. The second kappa shape index (κ2) is 4.86. The van der Waals surface area contributed by atoms with Crippen LogP contribution in [0.3, 0.4) is 0 Å². The van der Waals surface area contributed by atoms with E-state index in [9.17, 15) is 0 Å². The zero-order valence-corrected chi connectivity index (χ0v) is 10.7. The van der Waals surface area contributed by atoms with Gasteiger partial charge in [0.25, 0.3) is 0 Å². The summed E-state index contributed by atoms with van der Waals surface area (Å²) in [5.41, 5.74) is 9.17. The van der Waals surface area contributed by atoms with Gasteiger partial charge in [0.05, 0.1) is 11.1 Å². The molecule has 2 aromatic rings. The molecule has 2 N–H and O–H groups in total. The van der Waals surface area contributed by atoms with Crippen molar-refractivity contribution in [3.05, 3.63) is 65.7 Å². The number of rotatable bonds is 2. The van der Waals surface area contributed by atoms with E-state index in [1.54, 1.807) is 11.8 Å². The van der Waals surface area contributed by atoms with Gasteiger partial charge < -0.3 is 5.73 Å². The lowest BCUT2D eigenvalue weighted by molar-refractivity contribution is 0.853. The molecule has 90 valence electrons. The minimum atomic E-state index is 0.186. The Morgan fingerprint density at radius 3 is 2.50 bits per heavy atom. The Morgan fingerprint density at radius 2 is 1.72 bits per heavy atom. The number of hydrogen-bond acceptors (Lipinski definition) is 3. The van der Waals surface area contributed by atoms with E-state index in [4.69, 9.17) is 10.7 Å². The van der Waals surface area contributed by atoms with E-state index in [0.717, 1.165) is 22.0 Å². The number of nitrogens with two attached hydrogens (primary N) is 1. The van der Waals surface area contributed by atoms with Gasteiger partial charge in [-0.15, -0.1) is 11.8 Å². The van der Waals surface area contributed by atoms with E-state index in [1.165, 1.54) is 5.56 Å². The molecule has 3 heteroatoms. The van der Waals surface area contributed by atoms with Crippen LogP contribution in [0.1, 0.15) is 17.2 Å². The number of para-hydroxylation sites is 1. The van der Waals surface area contributed by atoms with Crippen LogP contribution < -0.4 is 5.73 Å². The monoisotopic (exact) mass is 254 g/mol. The third kappa shape index (κ3) is 2.14. The third-order valence-corrected chi connectivity index (χ3v) is 4.12. The van der Waals surface area contributed by atoms with Gasteiger partial charge in [0.1, 0.15) is 0 Å². The van der Waals surface area contributed by atoms with Crippen LogP contribution in [0.4, 0.5) is 5.69 Å². The zero-order chi connectivity index (χ0) is 12.4. The summed E-state index contributed by atoms with van der Waals surface area (Å²) in [5.74, 6) is 0.971. The zero-order valence-electron chi connectivity index (χ0n) is 9.91. The molecule has 2 aromatic carbocycles. The number of nitrogens with zero attached hydrogens (tertiary/aromatic N) is 1.